The minimum atomic E-state index is -0.437. The van der Waals surface area contributed by atoms with Crippen molar-refractivity contribution < 1.29 is 4.92 Å². The van der Waals surface area contributed by atoms with Gasteiger partial charge in [-0.25, -0.2) is 4.98 Å². The highest BCUT2D eigenvalue weighted by Gasteiger charge is 2.19. The molecule has 0 unspecified atom stereocenters. The third kappa shape index (κ3) is 3.58. The van der Waals surface area contributed by atoms with Gasteiger partial charge in [0.15, 0.2) is 0 Å². The number of anilines is 2. The van der Waals surface area contributed by atoms with Crippen molar-refractivity contribution in [3.63, 3.8) is 0 Å². The first-order valence-corrected chi connectivity index (χ1v) is 5.54. The average Bonchev–Trinajstić information content (AvgIpc) is 2.25. The molecule has 0 bridgehead atoms. The number of pyridine rings is 1. The Kier molecular flexibility index (Phi) is 4.25. The van der Waals surface area contributed by atoms with E-state index < -0.39 is 4.92 Å². The van der Waals surface area contributed by atoms with Crippen molar-refractivity contribution in [1.82, 2.24) is 4.98 Å². The Morgan fingerprint density at radius 1 is 1.53 bits per heavy atom. The second-order valence-corrected chi connectivity index (χ2v) is 4.44. The summed E-state index contributed by atoms with van der Waals surface area (Å²) in [6.07, 6.45) is 0.949. The molecular formula is C11H18N4O2. The predicted octanol–water partition coefficient (Wildman–Crippen LogP) is 2.05. The highest BCUT2D eigenvalue weighted by Crippen LogP contribution is 2.26. The molecule has 1 heterocycles. The highest BCUT2D eigenvalue weighted by atomic mass is 16.6. The molecule has 0 amide bonds. The number of nitrogens with two attached hydrogens (primary N) is 1. The molecule has 0 radical (unpaired) electrons. The van der Waals surface area contributed by atoms with Gasteiger partial charge in [-0.2, -0.15) is 0 Å². The number of hydrogen-bond donors (Lipinski definition) is 1. The van der Waals surface area contributed by atoms with Crippen LogP contribution in [0.1, 0.15) is 20.3 Å². The molecule has 1 rings (SSSR count). The molecule has 0 saturated carbocycles. The summed E-state index contributed by atoms with van der Waals surface area (Å²) < 4.78 is 0. The quantitative estimate of drug-likeness (QED) is 0.626. The molecule has 0 fully saturated rings. The molecular weight excluding hydrogens is 220 g/mol. The monoisotopic (exact) mass is 238 g/mol. The van der Waals surface area contributed by atoms with Crippen LogP contribution in [0.5, 0.6) is 0 Å². The van der Waals surface area contributed by atoms with Crippen LogP contribution in [0.15, 0.2) is 12.1 Å². The molecule has 2 N–H and O–H groups in total. The Labute approximate surface area is 101 Å². The first kappa shape index (κ1) is 13.2. The van der Waals surface area contributed by atoms with Crippen molar-refractivity contribution in [3.05, 3.63) is 22.2 Å². The van der Waals surface area contributed by atoms with Crippen LogP contribution in [0, 0.1) is 16.0 Å². The van der Waals surface area contributed by atoms with Crippen LogP contribution >= 0.6 is 0 Å². The van der Waals surface area contributed by atoms with E-state index in [9.17, 15) is 10.1 Å². The molecule has 0 aromatic carbocycles. The van der Waals surface area contributed by atoms with Gasteiger partial charge >= 0.3 is 5.69 Å². The van der Waals surface area contributed by atoms with E-state index in [0.717, 1.165) is 13.0 Å². The molecule has 1 aromatic rings. The van der Waals surface area contributed by atoms with Gasteiger partial charge in [-0.15, -0.1) is 0 Å². The summed E-state index contributed by atoms with van der Waals surface area (Å²) in [5, 5.41) is 10.9. The van der Waals surface area contributed by atoms with E-state index >= 15 is 0 Å². The van der Waals surface area contributed by atoms with Gasteiger partial charge in [0.2, 0.25) is 5.82 Å². The first-order valence-electron chi connectivity index (χ1n) is 5.54. The average molecular weight is 238 g/mol. The van der Waals surface area contributed by atoms with Crippen LogP contribution < -0.4 is 10.6 Å². The van der Waals surface area contributed by atoms with Crippen molar-refractivity contribution in [2.45, 2.75) is 20.3 Å². The Morgan fingerprint density at radius 2 is 2.18 bits per heavy atom. The molecule has 0 aliphatic rings. The zero-order valence-electron chi connectivity index (χ0n) is 10.4. The fraction of sp³-hybridized carbons (Fsp3) is 0.545. The number of aromatic nitrogens is 1. The van der Waals surface area contributed by atoms with Crippen LogP contribution in [-0.2, 0) is 0 Å². The fourth-order valence-corrected chi connectivity index (χ4v) is 1.44. The van der Waals surface area contributed by atoms with E-state index in [1.165, 1.54) is 12.1 Å². The van der Waals surface area contributed by atoms with Gasteiger partial charge in [0, 0.05) is 19.7 Å². The number of rotatable bonds is 5. The second kappa shape index (κ2) is 5.47. The predicted molar refractivity (Wildman–Crippen MR) is 68.0 cm³/mol. The van der Waals surface area contributed by atoms with Crippen LogP contribution in [0.4, 0.5) is 17.3 Å². The topological polar surface area (TPSA) is 85.3 Å². The lowest BCUT2D eigenvalue weighted by Gasteiger charge is -2.19. The van der Waals surface area contributed by atoms with Gasteiger partial charge in [0.25, 0.3) is 0 Å². The Hall–Kier alpha value is -1.85. The summed E-state index contributed by atoms with van der Waals surface area (Å²) in [4.78, 5) is 16.2. The summed E-state index contributed by atoms with van der Waals surface area (Å²) in [6, 6.07) is 2.83. The number of nitrogens with zero attached hydrogens (tertiary/aromatic N) is 3. The van der Waals surface area contributed by atoms with Crippen LogP contribution in [0.2, 0.25) is 0 Å². The second-order valence-electron chi connectivity index (χ2n) is 4.44. The van der Waals surface area contributed by atoms with Crippen molar-refractivity contribution >= 4 is 17.3 Å². The number of nitrogen functional groups attached to an aromatic ring is 1. The summed E-state index contributed by atoms with van der Waals surface area (Å²) in [5.41, 5.74) is 5.55. The Bertz CT molecular complexity index is 406. The van der Waals surface area contributed by atoms with Crippen molar-refractivity contribution in [2.75, 3.05) is 24.2 Å². The van der Waals surface area contributed by atoms with E-state index in [4.69, 9.17) is 5.73 Å². The van der Waals surface area contributed by atoms with Crippen LogP contribution in [0.3, 0.4) is 0 Å². The molecule has 6 nitrogen and oxygen atoms in total. The van der Waals surface area contributed by atoms with Gasteiger partial charge in [-0.3, -0.25) is 10.1 Å². The largest absolute Gasteiger partial charge is 0.384 e. The Balaban J connectivity index is 2.94. The smallest absolute Gasteiger partial charge is 0.311 e. The van der Waals surface area contributed by atoms with Crippen molar-refractivity contribution in [1.29, 1.82) is 0 Å². The minimum Gasteiger partial charge on any atom is -0.384 e. The fourth-order valence-electron chi connectivity index (χ4n) is 1.44. The van der Waals surface area contributed by atoms with Gasteiger partial charge in [-0.1, -0.05) is 13.8 Å². The van der Waals surface area contributed by atoms with Gasteiger partial charge < -0.3 is 10.6 Å². The van der Waals surface area contributed by atoms with E-state index in [1.54, 1.807) is 11.9 Å². The van der Waals surface area contributed by atoms with Gasteiger partial charge in [-0.05, 0) is 18.4 Å². The normalized spacial score (nSPS) is 10.6. The summed E-state index contributed by atoms with van der Waals surface area (Å²) in [5.74, 6) is 1.16. The maximum absolute atomic E-state index is 10.9. The van der Waals surface area contributed by atoms with E-state index in [1.807, 2.05) is 0 Å². The van der Waals surface area contributed by atoms with Crippen molar-refractivity contribution in [3.8, 4) is 0 Å². The minimum absolute atomic E-state index is 0.00884. The maximum atomic E-state index is 10.9. The number of nitro groups is 1. The van der Waals surface area contributed by atoms with E-state index in [-0.39, 0.29) is 5.69 Å². The molecule has 0 atom stereocenters. The summed E-state index contributed by atoms with van der Waals surface area (Å²) in [7, 11) is 1.79. The van der Waals surface area contributed by atoms with Crippen molar-refractivity contribution in [2.24, 2.45) is 5.92 Å². The van der Waals surface area contributed by atoms with Gasteiger partial charge in [0.05, 0.1) is 4.92 Å². The molecule has 0 aliphatic carbocycles. The molecule has 17 heavy (non-hydrogen) atoms. The zero-order chi connectivity index (χ0) is 13.0. The van der Waals surface area contributed by atoms with E-state index in [2.05, 4.69) is 18.8 Å². The molecule has 6 heteroatoms. The molecule has 0 aliphatic heterocycles. The standard InChI is InChI=1S/C11H18N4O2/c1-8(2)6-7-14(3)11-9(15(16)17)4-5-10(12)13-11/h4-5,8H,6-7H2,1-3H3,(H2,12,13). The lowest BCUT2D eigenvalue weighted by atomic mass is 10.1. The maximum Gasteiger partial charge on any atom is 0.311 e. The SMILES string of the molecule is CC(C)CCN(C)c1nc(N)ccc1[N+](=O)[O-]. The van der Waals surface area contributed by atoms with E-state index in [0.29, 0.717) is 17.6 Å². The molecule has 0 spiro atoms. The molecule has 1 aromatic heterocycles. The lowest BCUT2D eigenvalue weighted by Crippen LogP contribution is -2.22. The third-order valence-electron chi connectivity index (χ3n) is 2.48. The summed E-state index contributed by atoms with van der Waals surface area (Å²) >= 11 is 0. The molecule has 94 valence electrons. The zero-order valence-corrected chi connectivity index (χ0v) is 10.4. The lowest BCUT2D eigenvalue weighted by molar-refractivity contribution is -0.384. The van der Waals surface area contributed by atoms with Gasteiger partial charge in [0.1, 0.15) is 5.82 Å². The third-order valence-corrected chi connectivity index (χ3v) is 2.48. The number of hydrogen-bond acceptors (Lipinski definition) is 5. The Morgan fingerprint density at radius 3 is 2.71 bits per heavy atom. The summed E-state index contributed by atoms with van der Waals surface area (Å²) in [6.45, 7) is 4.93. The molecule has 0 saturated heterocycles. The van der Waals surface area contributed by atoms with Crippen LogP contribution in [0.25, 0.3) is 0 Å². The highest BCUT2D eigenvalue weighted by molar-refractivity contribution is 5.60. The van der Waals surface area contributed by atoms with Crippen LogP contribution in [-0.4, -0.2) is 23.5 Å². The first-order chi connectivity index (χ1) is 7.91.